The summed E-state index contributed by atoms with van der Waals surface area (Å²) in [7, 11) is 0. The molecule has 8 nitrogen and oxygen atoms in total. The first-order valence-corrected chi connectivity index (χ1v) is 6.84. The van der Waals surface area contributed by atoms with Gasteiger partial charge in [0.1, 0.15) is 5.82 Å². The molecule has 1 aromatic heterocycles. The van der Waals surface area contributed by atoms with Crippen LogP contribution in [0.15, 0.2) is 53.6 Å². The Hall–Kier alpha value is -3.42. The summed E-state index contributed by atoms with van der Waals surface area (Å²) < 4.78 is 1.39. The van der Waals surface area contributed by atoms with Gasteiger partial charge in [-0.25, -0.2) is 9.66 Å². The van der Waals surface area contributed by atoms with E-state index in [1.165, 1.54) is 16.8 Å². The molecule has 0 bridgehead atoms. The van der Waals surface area contributed by atoms with Crippen molar-refractivity contribution in [1.82, 2.24) is 9.66 Å². The number of anilines is 1. The Bertz CT molecular complexity index is 946. The topological polar surface area (TPSA) is 111 Å². The highest BCUT2D eigenvalue weighted by Crippen LogP contribution is 2.15. The van der Waals surface area contributed by atoms with Crippen LogP contribution >= 0.6 is 0 Å². The molecule has 3 aromatic rings. The van der Waals surface area contributed by atoms with Crippen molar-refractivity contribution in [3.05, 3.63) is 70.0 Å². The van der Waals surface area contributed by atoms with Gasteiger partial charge in [-0.05, 0) is 31.2 Å². The number of benzene rings is 2. The maximum atomic E-state index is 10.7. The normalized spacial score (nSPS) is 11.6. The molecule has 23 heavy (non-hydrogen) atoms. The van der Waals surface area contributed by atoms with Gasteiger partial charge in [-0.15, -0.1) is 0 Å². The van der Waals surface area contributed by atoms with Crippen LogP contribution in [0.1, 0.15) is 5.82 Å². The number of fused-ring (bicyclic) bond motifs is 1. The molecule has 8 heteroatoms. The van der Waals surface area contributed by atoms with Crippen LogP contribution in [0, 0.1) is 17.0 Å². The van der Waals surface area contributed by atoms with E-state index in [4.69, 9.17) is 5.84 Å². The lowest BCUT2D eigenvalue weighted by Crippen LogP contribution is -2.32. The fraction of sp³-hybridized carbons (Fsp3) is 0.0667. The van der Waals surface area contributed by atoms with Crippen LogP contribution in [0.25, 0.3) is 10.9 Å². The zero-order valence-electron chi connectivity index (χ0n) is 12.3. The number of aromatic nitrogens is 2. The number of rotatable bonds is 3. The number of nitro groups is 1. The highest BCUT2D eigenvalue weighted by molar-refractivity contribution is 5.77. The lowest BCUT2D eigenvalue weighted by atomic mass is 10.2. The zero-order chi connectivity index (χ0) is 16.4. The molecule has 0 atom stereocenters. The average molecular weight is 310 g/mol. The largest absolute Gasteiger partial charge is 0.336 e. The van der Waals surface area contributed by atoms with Gasteiger partial charge < -0.3 is 5.84 Å². The Balaban J connectivity index is 2.04. The van der Waals surface area contributed by atoms with Gasteiger partial charge in [-0.1, -0.05) is 12.1 Å². The maximum absolute atomic E-state index is 10.7. The highest BCUT2D eigenvalue weighted by Gasteiger charge is 2.05. The van der Waals surface area contributed by atoms with Crippen LogP contribution in [0.5, 0.6) is 0 Å². The third-order valence-corrected chi connectivity index (χ3v) is 3.37. The number of nitrogens with zero attached hydrogens (tertiary/aromatic N) is 4. The molecule has 0 saturated carbocycles. The lowest BCUT2D eigenvalue weighted by molar-refractivity contribution is -0.384. The summed E-state index contributed by atoms with van der Waals surface area (Å²) in [4.78, 5) is 14.6. The fourth-order valence-electron chi connectivity index (χ4n) is 2.16. The van der Waals surface area contributed by atoms with Gasteiger partial charge in [0.05, 0.1) is 16.1 Å². The van der Waals surface area contributed by atoms with E-state index in [2.05, 4.69) is 15.5 Å². The summed E-state index contributed by atoms with van der Waals surface area (Å²) in [6, 6.07) is 13.5. The van der Waals surface area contributed by atoms with Crippen molar-refractivity contribution < 1.29 is 4.92 Å². The molecule has 0 aliphatic rings. The molecule has 116 valence electrons. The summed E-state index contributed by atoms with van der Waals surface area (Å²) in [5, 5.41) is 15.8. The van der Waals surface area contributed by atoms with Crippen molar-refractivity contribution in [3.63, 3.8) is 0 Å². The van der Waals surface area contributed by atoms with Gasteiger partial charge in [0.15, 0.2) is 5.49 Å². The maximum Gasteiger partial charge on any atom is 0.269 e. The molecule has 0 fully saturated rings. The predicted octanol–water partition coefficient (Wildman–Crippen LogP) is 1.89. The molecule has 0 radical (unpaired) electrons. The van der Waals surface area contributed by atoms with Crippen molar-refractivity contribution in [1.29, 1.82) is 0 Å². The Morgan fingerprint density at radius 3 is 2.61 bits per heavy atom. The lowest BCUT2D eigenvalue weighted by Gasteiger charge is -2.08. The first kappa shape index (κ1) is 14.5. The summed E-state index contributed by atoms with van der Waals surface area (Å²) >= 11 is 0. The Morgan fingerprint density at radius 1 is 1.22 bits per heavy atom. The van der Waals surface area contributed by atoms with Gasteiger partial charge in [-0.3, -0.25) is 15.5 Å². The van der Waals surface area contributed by atoms with Crippen LogP contribution in [0.3, 0.4) is 0 Å². The van der Waals surface area contributed by atoms with Gasteiger partial charge in [0, 0.05) is 17.5 Å². The number of non-ortho nitro benzene ring substituents is 1. The monoisotopic (exact) mass is 310 g/mol. The number of nitrogen functional groups attached to an aromatic ring is 1. The van der Waals surface area contributed by atoms with Crippen LogP contribution < -0.4 is 16.8 Å². The second-order valence-corrected chi connectivity index (χ2v) is 4.90. The number of hydrogen-bond donors (Lipinski definition) is 2. The second-order valence-electron chi connectivity index (χ2n) is 4.90. The Morgan fingerprint density at radius 2 is 1.91 bits per heavy atom. The van der Waals surface area contributed by atoms with Crippen LogP contribution in [0.2, 0.25) is 0 Å². The van der Waals surface area contributed by atoms with E-state index >= 15 is 0 Å². The van der Waals surface area contributed by atoms with Crippen molar-refractivity contribution in [2.45, 2.75) is 6.92 Å². The molecule has 3 N–H and O–H groups in total. The first-order chi connectivity index (χ1) is 11.1. The first-order valence-electron chi connectivity index (χ1n) is 6.84. The van der Waals surface area contributed by atoms with Crippen molar-refractivity contribution >= 4 is 22.3 Å². The van der Waals surface area contributed by atoms with E-state index < -0.39 is 4.92 Å². The molecule has 0 saturated heterocycles. The van der Waals surface area contributed by atoms with Crippen molar-refractivity contribution in [2.24, 2.45) is 5.10 Å². The molecular weight excluding hydrogens is 296 g/mol. The summed E-state index contributed by atoms with van der Waals surface area (Å²) in [6.07, 6.45) is 0. The molecular formula is C15H14N6O2. The zero-order valence-corrected chi connectivity index (χ0v) is 12.3. The SMILES string of the molecule is Cc1nc2ccccc2c(=NNc2ccc([N+](=O)[O-])cc2)n1N. The molecule has 0 spiro atoms. The fourth-order valence-corrected chi connectivity index (χ4v) is 2.16. The number of para-hydroxylation sites is 1. The Kier molecular flexibility index (Phi) is 3.63. The van der Waals surface area contributed by atoms with Crippen LogP contribution in [-0.2, 0) is 0 Å². The van der Waals surface area contributed by atoms with Gasteiger partial charge in [-0.2, -0.15) is 5.10 Å². The average Bonchev–Trinajstić information content (AvgIpc) is 2.55. The van der Waals surface area contributed by atoms with Gasteiger partial charge in [0.2, 0.25) is 0 Å². The smallest absolute Gasteiger partial charge is 0.269 e. The molecule has 0 unspecified atom stereocenters. The number of aryl methyl sites for hydroxylation is 1. The van der Waals surface area contributed by atoms with E-state index in [-0.39, 0.29) is 5.69 Å². The highest BCUT2D eigenvalue weighted by atomic mass is 16.6. The minimum absolute atomic E-state index is 0.0228. The standard InChI is InChI=1S/C15H14N6O2/c1-10-17-14-5-3-2-4-13(14)15(20(10)16)19-18-11-6-8-12(9-7-11)21(22)23/h2-9,18H,16H2,1H3. The van der Waals surface area contributed by atoms with Gasteiger partial charge >= 0.3 is 0 Å². The molecule has 3 rings (SSSR count). The van der Waals surface area contributed by atoms with Crippen molar-refractivity contribution in [3.8, 4) is 0 Å². The number of nitrogens with two attached hydrogens (primary N) is 1. The Labute approximate surface area is 131 Å². The molecule has 0 aliphatic heterocycles. The van der Waals surface area contributed by atoms with Gasteiger partial charge in [0.25, 0.3) is 5.69 Å². The van der Waals surface area contributed by atoms with E-state index in [9.17, 15) is 10.1 Å². The number of nitro benzene ring substituents is 1. The third kappa shape index (κ3) is 2.82. The predicted molar refractivity (Wildman–Crippen MR) is 86.9 cm³/mol. The number of nitrogens with one attached hydrogen (secondary N) is 1. The third-order valence-electron chi connectivity index (χ3n) is 3.37. The molecule has 0 aliphatic carbocycles. The minimum atomic E-state index is -0.450. The van der Waals surface area contributed by atoms with Crippen LogP contribution in [-0.4, -0.2) is 14.6 Å². The van der Waals surface area contributed by atoms with Crippen LogP contribution in [0.4, 0.5) is 11.4 Å². The molecule has 0 amide bonds. The second kappa shape index (κ2) is 5.76. The molecule has 1 heterocycles. The van der Waals surface area contributed by atoms with E-state index in [0.29, 0.717) is 17.0 Å². The van der Waals surface area contributed by atoms with E-state index in [1.54, 1.807) is 19.1 Å². The summed E-state index contributed by atoms with van der Waals surface area (Å²) in [5.74, 6) is 6.63. The minimum Gasteiger partial charge on any atom is -0.336 e. The van der Waals surface area contributed by atoms with E-state index in [1.807, 2.05) is 24.3 Å². The molecule has 2 aromatic carbocycles. The van der Waals surface area contributed by atoms with Crippen molar-refractivity contribution in [2.75, 3.05) is 11.3 Å². The summed E-state index contributed by atoms with van der Waals surface area (Å²) in [6.45, 7) is 1.79. The van der Waals surface area contributed by atoms with E-state index in [0.717, 1.165) is 10.9 Å². The quantitative estimate of drug-likeness (QED) is 0.436. The summed E-state index contributed by atoms with van der Waals surface area (Å²) in [5.41, 5.74) is 4.81. The number of hydrogen-bond acceptors (Lipinski definition) is 6.